The van der Waals surface area contributed by atoms with Crippen LogP contribution in [-0.2, 0) is 9.59 Å². The molecule has 0 aromatic heterocycles. The Morgan fingerprint density at radius 2 is 2.09 bits per heavy atom. The minimum Gasteiger partial charge on any atom is -0.343 e. The number of amides is 2. The molecule has 0 spiro atoms. The van der Waals surface area contributed by atoms with Gasteiger partial charge in [-0.25, -0.2) is 0 Å². The number of nitrogens with one attached hydrogen (secondary N) is 2. The summed E-state index contributed by atoms with van der Waals surface area (Å²) in [7, 11) is 0. The lowest BCUT2D eigenvalue weighted by Crippen LogP contribution is -2.51. The van der Waals surface area contributed by atoms with Crippen LogP contribution in [-0.4, -0.2) is 37.0 Å². The number of hydrogen-bond donors (Lipinski definition) is 2. The Morgan fingerprint density at radius 3 is 2.82 bits per heavy atom. The number of halogens is 1. The van der Waals surface area contributed by atoms with Crippen molar-refractivity contribution in [2.45, 2.75) is 37.8 Å². The van der Waals surface area contributed by atoms with Crippen molar-refractivity contribution in [2.24, 2.45) is 0 Å². The lowest BCUT2D eigenvalue weighted by atomic mass is 10.0. The van der Waals surface area contributed by atoms with E-state index >= 15 is 0 Å². The molecule has 0 radical (unpaired) electrons. The predicted octanol–water partition coefficient (Wildman–Crippen LogP) is 1.70. The summed E-state index contributed by atoms with van der Waals surface area (Å²) < 4.78 is 0. The van der Waals surface area contributed by atoms with Crippen molar-refractivity contribution in [3.05, 3.63) is 29.3 Å². The first-order valence-electron chi connectivity index (χ1n) is 7.76. The molecular formula is C16H20ClN3O2. The molecule has 2 amide bonds. The minimum atomic E-state index is -0.451. The Bertz CT molecular complexity index is 572. The minimum absolute atomic E-state index is 0.0703. The number of nitrogens with zero attached hydrogens (tertiary/aromatic N) is 1. The van der Waals surface area contributed by atoms with Crippen LogP contribution in [0.4, 0.5) is 5.69 Å². The number of carbonyl (C=O) groups excluding carboxylic acids is 2. The van der Waals surface area contributed by atoms with Crippen LogP contribution in [0.5, 0.6) is 0 Å². The molecule has 2 N–H and O–H groups in total. The largest absolute Gasteiger partial charge is 0.343 e. The van der Waals surface area contributed by atoms with Gasteiger partial charge >= 0.3 is 0 Å². The van der Waals surface area contributed by atoms with Gasteiger partial charge in [0.15, 0.2) is 0 Å². The van der Waals surface area contributed by atoms with Crippen LogP contribution in [0, 0.1) is 0 Å². The first-order valence-corrected chi connectivity index (χ1v) is 8.14. The summed E-state index contributed by atoms with van der Waals surface area (Å²) in [5.41, 5.74) is 0.710. The second kappa shape index (κ2) is 6.67. The SMILES string of the molecule is O=C(NC1CCN(c2ccccc2Cl)C1=O)C1CCCCN1. The van der Waals surface area contributed by atoms with E-state index in [1.807, 2.05) is 18.2 Å². The highest BCUT2D eigenvalue weighted by Gasteiger charge is 2.35. The van der Waals surface area contributed by atoms with Crippen LogP contribution in [0.2, 0.25) is 5.02 Å². The fourth-order valence-corrected chi connectivity index (χ4v) is 3.31. The summed E-state index contributed by atoms with van der Waals surface area (Å²) in [6, 6.07) is 6.66. The van der Waals surface area contributed by atoms with Crippen molar-refractivity contribution in [3.63, 3.8) is 0 Å². The molecule has 2 aliphatic rings. The molecule has 2 heterocycles. The van der Waals surface area contributed by atoms with E-state index in [4.69, 9.17) is 11.6 Å². The van der Waals surface area contributed by atoms with Crippen molar-refractivity contribution in [3.8, 4) is 0 Å². The van der Waals surface area contributed by atoms with Crippen molar-refractivity contribution in [1.82, 2.24) is 10.6 Å². The van der Waals surface area contributed by atoms with Gasteiger partial charge < -0.3 is 15.5 Å². The third-order valence-electron chi connectivity index (χ3n) is 4.29. The Balaban J connectivity index is 1.64. The third-order valence-corrected chi connectivity index (χ3v) is 4.61. The molecule has 118 valence electrons. The quantitative estimate of drug-likeness (QED) is 0.891. The molecule has 6 heteroatoms. The lowest BCUT2D eigenvalue weighted by Gasteiger charge is -2.24. The molecule has 2 aliphatic heterocycles. The molecule has 22 heavy (non-hydrogen) atoms. The molecule has 0 saturated carbocycles. The number of benzene rings is 1. The van der Waals surface area contributed by atoms with Crippen LogP contribution in [0.15, 0.2) is 24.3 Å². The number of rotatable bonds is 3. The molecule has 0 bridgehead atoms. The molecule has 2 fully saturated rings. The van der Waals surface area contributed by atoms with Gasteiger partial charge in [-0.15, -0.1) is 0 Å². The molecule has 0 aliphatic carbocycles. The number of anilines is 1. The predicted molar refractivity (Wildman–Crippen MR) is 86.0 cm³/mol. The summed E-state index contributed by atoms with van der Waals surface area (Å²) in [6.45, 7) is 1.44. The summed E-state index contributed by atoms with van der Waals surface area (Å²) >= 11 is 6.15. The van der Waals surface area contributed by atoms with Crippen molar-refractivity contribution < 1.29 is 9.59 Å². The van der Waals surface area contributed by atoms with E-state index in [0.717, 1.165) is 25.8 Å². The van der Waals surface area contributed by atoms with Gasteiger partial charge in [0.05, 0.1) is 16.8 Å². The maximum atomic E-state index is 12.5. The Hall–Kier alpha value is -1.59. The highest BCUT2D eigenvalue weighted by atomic mass is 35.5. The van der Waals surface area contributed by atoms with E-state index < -0.39 is 6.04 Å². The molecular weight excluding hydrogens is 302 g/mol. The lowest BCUT2D eigenvalue weighted by molar-refractivity contribution is -0.128. The van der Waals surface area contributed by atoms with Crippen LogP contribution in [0.1, 0.15) is 25.7 Å². The zero-order valence-corrected chi connectivity index (χ0v) is 13.1. The smallest absolute Gasteiger partial charge is 0.249 e. The average molecular weight is 322 g/mol. The monoisotopic (exact) mass is 321 g/mol. The van der Waals surface area contributed by atoms with Crippen LogP contribution in [0.25, 0.3) is 0 Å². The second-order valence-corrected chi connectivity index (χ2v) is 6.20. The number of hydrogen-bond acceptors (Lipinski definition) is 3. The van der Waals surface area contributed by atoms with Gasteiger partial charge in [0.1, 0.15) is 6.04 Å². The van der Waals surface area contributed by atoms with Crippen LogP contribution < -0.4 is 15.5 Å². The summed E-state index contributed by atoms with van der Waals surface area (Å²) in [4.78, 5) is 26.4. The first-order chi connectivity index (χ1) is 10.7. The van der Waals surface area contributed by atoms with E-state index in [1.54, 1.807) is 11.0 Å². The van der Waals surface area contributed by atoms with Gasteiger partial charge in [-0.05, 0) is 37.9 Å². The summed E-state index contributed by atoms with van der Waals surface area (Å²) in [6.07, 6.45) is 3.60. The van der Waals surface area contributed by atoms with Gasteiger partial charge in [-0.3, -0.25) is 9.59 Å². The van der Waals surface area contributed by atoms with E-state index in [9.17, 15) is 9.59 Å². The maximum absolute atomic E-state index is 12.5. The summed E-state index contributed by atoms with van der Waals surface area (Å²) in [5.74, 6) is -0.156. The highest BCUT2D eigenvalue weighted by molar-refractivity contribution is 6.34. The molecule has 5 nitrogen and oxygen atoms in total. The molecule has 1 aromatic carbocycles. The second-order valence-electron chi connectivity index (χ2n) is 5.79. The van der Waals surface area contributed by atoms with Crippen LogP contribution in [0.3, 0.4) is 0 Å². The van der Waals surface area contributed by atoms with E-state index in [2.05, 4.69) is 10.6 Å². The van der Waals surface area contributed by atoms with Gasteiger partial charge in [0.2, 0.25) is 11.8 Å². The van der Waals surface area contributed by atoms with Crippen molar-refractivity contribution in [1.29, 1.82) is 0 Å². The molecule has 2 atom stereocenters. The molecule has 2 unspecified atom stereocenters. The van der Waals surface area contributed by atoms with E-state index in [0.29, 0.717) is 23.7 Å². The normalized spacial score (nSPS) is 25.3. The number of para-hydroxylation sites is 1. The Labute approximate surface area is 135 Å². The van der Waals surface area contributed by atoms with Gasteiger partial charge in [0.25, 0.3) is 0 Å². The molecule has 1 aromatic rings. The topological polar surface area (TPSA) is 61.4 Å². The zero-order chi connectivity index (χ0) is 15.5. The van der Waals surface area contributed by atoms with Gasteiger partial charge in [-0.1, -0.05) is 30.2 Å². The molecule has 2 saturated heterocycles. The van der Waals surface area contributed by atoms with Gasteiger partial charge in [-0.2, -0.15) is 0 Å². The third kappa shape index (κ3) is 3.10. The average Bonchev–Trinajstić information content (AvgIpc) is 2.90. The zero-order valence-electron chi connectivity index (χ0n) is 12.3. The van der Waals surface area contributed by atoms with Crippen molar-refractivity contribution in [2.75, 3.05) is 18.0 Å². The van der Waals surface area contributed by atoms with E-state index in [1.165, 1.54) is 0 Å². The van der Waals surface area contributed by atoms with Gasteiger partial charge in [0, 0.05) is 6.54 Å². The Kier molecular flexibility index (Phi) is 4.64. The fourth-order valence-electron chi connectivity index (χ4n) is 3.07. The highest BCUT2D eigenvalue weighted by Crippen LogP contribution is 2.29. The molecule has 3 rings (SSSR count). The van der Waals surface area contributed by atoms with Crippen molar-refractivity contribution >= 4 is 29.1 Å². The fraction of sp³-hybridized carbons (Fsp3) is 0.500. The first kappa shape index (κ1) is 15.3. The van der Waals surface area contributed by atoms with E-state index in [-0.39, 0.29) is 17.9 Å². The number of piperidine rings is 1. The summed E-state index contributed by atoms with van der Waals surface area (Å²) in [5, 5.41) is 6.64. The van der Waals surface area contributed by atoms with Crippen LogP contribution >= 0.6 is 11.6 Å². The standard InChI is InChI=1S/C16H20ClN3O2/c17-11-5-1-2-7-14(11)20-10-8-13(16(20)22)19-15(21)12-6-3-4-9-18-12/h1-2,5,7,12-13,18H,3-4,6,8-10H2,(H,19,21). The number of carbonyl (C=O) groups is 2. The Morgan fingerprint density at radius 1 is 1.27 bits per heavy atom. The maximum Gasteiger partial charge on any atom is 0.249 e.